The average molecular weight is 313 g/mol. The molecule has 1 aliphatic rings. The minimum absolute atomic E-state index is 0.0405. The number of halogens is 1. The van der Waals surface area contributed by atoms with Gasteiger partial charge < -0.3 is 19.5 Å². The number of aliphatic hydroxyl groups is 1. The zero-order valence-electron chi connectivity index (χ0n) is 11.2. The van der Waals surface area contributed by atoms with E-state index in [1.807, 2.05) is 0 Å². The SMILES string of the molecule is O=C1CC(CS(=O)(=O)F)CN1CCOCCOCCO. The first kappa shape index (κ1) is 17.3. The van der Waals surface area contributed by atoms with Crippen LogP contribution in [0.5, 0.6) is 0 Å². The molecule has 0 saturated carbocycles. The molecule has 0 aromatic carbocycles. The maximum absolute atomic E-state index is 12.5. The van der Waals surface area contributed by atoms with Crippen LogP contribution in [0.2, 0.25) is 0 Å². The lowest BCUT2D eigenvalue weighted by molar-refractivity contribution is -0.128. The van der Waals surface area contributed by atoms with Gasteiger partial charge in [-0.2, -0.15) is 8.42 Å². The third-order valence-electron chi connectivity index (χ3n) is 2.84. The Hall–Kier alpha value is -0.770. The zero-order chi connectivity index (χ0) is 15.0. The molecule has 118 valence electrons. The highest BCUT2D eigenvalue weighted by atomic mass is 32.3. The Morgan fingerprint density at radius 2 is 1.90 bits per heavy atom. The molecule has 0 spiro atoms. The molecule has 1 amide bonds. The molecule has 1 saturated heterocycles. The highest BCUT2D eigenvalue weighted by Crippen LogP contribution is 2.19. The highest BCUT2D eigenvalue weighted by Gasteiger charge is 2.32. The Kier molecular flexibility index (Phi) is 7.35. The van der Waals surface area contributed by atoms with E-state index in [9.17, 15) is 17.1 Å². The Morgan fingerprint density at radius 3 is 2.50 bits per heavy atom. The van der Waals surface area contributed by atoms with E-state index in [0.717, 1.165) is 0 Å². The van der Waals surface area contributed by atoms with Gasteiger partial charge in [0.25, 0.3) is 0 Å². The fraction of sp³-hybridized carbons (Fsp3) is 0.909. The van der Waals surface area contributed by atoms with Crippen LogP contribution >= 0.6 is 0 Å². The number of amides is 1. The van der Waals surface area contributed by atoms with Crippen molar-refractivity contribution in [1.82, 2.24) is 4.90 Å². The molecular formula is C11H20FNO6S. The smallest absolute Gasteiger partial charge is 0.302 e. The van der Waals surface area contributed by atoms with E-state index in [4.69, 9.17) is 14.6 Å². The van der Waals surface area contributed by atoms with Gasteiger partial charge in [0.05, 0.1) is 38.8 Å². The molecule has 1 rings (SSSR count). The van der Waals surface area contributed by atoms with Gasteiger partial charge in [-0.05, 0) is 0 Å². The summed E-state index contributed by atoms with van der Waals surface area (Å²) >= 11 is 0. The van der Waals surface area contributed by atoms with Crippen LogP contribution in [-0.2, 0) is 24.5 Å². The van der Waals surface area contributed by atoms with Crippen LogP contribution in [0.3, 0.4) is 0 Å². The van der Waals surface area contributed by atoms with E-state index in [0.29, 0.717) is 26.4 Å². The summed E-state index contributed by atoms with van der Waals surface area (Å²) in [6, 6.07) is 0. The topological polar surface area (TPSA) is 93.1 Å². The minimum Gasteiger partial charge on any atom is -0.394 e. The minimum atomic E-state index is -4.54. The lowest BCUT2D eigenvalue weighted by atomic mass is 10.1. The van der Waals surface area contributed by atoms with E-state index in [1.165, 1.54) is 4.90 Å². The van der Waals surface area contributed by atoms with E-state index < -0.39 is 21.9 Å². The summed E-state index contributed by atoms with van der Waals surface area (Å²) in [4.78, 5) is 13.1. The lowest BCUT2D eigenvalue weighted by Crippen LogP contribution is -2.30. The largest absolute Gasteiger partial charge is 0.394 e. The molecule has 1 heterocycles. The van der Waals surface area contributed by atoms with Crippen molar-refractivity contribution in [3.05, 3.63) is 0 Å². The van der Waals surface area contributed by atoms with Crippen molar-refractivity contribution >= 4 is 16.1 Å². The Balaban J connectivity index is 2.14. The quantitative estimate of drug-likeness (QED) is 0.417. The van der Waals surface area contributed by atoms with Gasteiger partial charge in [-0.15, -0.1) is 3.89 Å². The summed E-state index contributed by atoms with van der Waals surface area (Å²) in [5.41, 5.74) is 0. The number of rotatable bonds is 10. The predicted octanol–water partition coefficient (Wildman–Crippen LogP) is -0.840. The third-order valence-corrected chi connectivity index (χ3v) is 3.71. The summed E-state index contributed by atoms with van der Waals surface area (Å²) in [6.45, 7) is 1.83. The van der Waals surface area contributed by atoms with Crippen molar-refractivity contribution < 1.29 is 31.7 Å². The van der Waals surface area contributed by atoms with Crippen molar-refractivity contribution in [1.29, 1.82) is 0 Å². The standard InChI is InChI=1S/C11H20FNO6S/c12-20(16,17)9-10-7-11(15)13(8-10)1-3-18-5-6-19-4-2-14/h10,14H,1-9H2. The lowest BCUT2D eigenvalue weighted by Gasteiger charge is -2.16. The van der Waals surface area contributed by atoms with E-state index in [2.05, 4.69) is 0 Å². The highest BCUT2D eigenvalue weighted by molar-refractivity contribution is 7.86. The van der Waals surface area contributed by atoms with E-state index in [-0.39, 0.29) is 32.1 Å². The molecule has 9 heteroatoms. The first-order valence-corrected chi connectivity index (χ1v) is 7.94. The van der Waals surface area contributed by atoms with Crippen LogP contribution in [0.4, 0.5) is 3.89 Å². The monoisotopic (exact) mass is 313 g/mol. The molecule has 1 atom stereocenters. The second-order valence-corrected chi connectivity index (χ2v) is 5.97. The Bertz CT molecular complexity index is 402. The van der Waals surface area contributed by atoms with Gasteiger partial charge in [-0.1, -0.05) is 0 Å². The maximum atomic E-state index is 12.5. The molecule has 1 unspecified atom stereocenters. The van der Waals surface area contributed by atoms with Gasteiger partial charge in [0.1, 0.15) is 0 Å². The molecule has 1 fully saturated rings. The first-order valence-electron chi connectivity index (χ1n) is 6.39. The summed E-state index contributed by atoms with van der Waals surface area (Å²) < 4.78 is 43.8. The summed E-state index contributed by atoms with van der Waals surface area (Å²) in [5.74, 6) is -1.27. The second kappa shape index (κ2) is 8.50. The first-order chi connectivity index (χ1) is 9.42. The summed E-state index contributed by atoms with van der Waals surface area (Å²) in [5, 5.41) is 8.47. The molecule has 0 aromatic heterocycles. The fourth-order valence-corrected chi connectivity index (χ4v) is 2.81. The molecule has 1 aliphatic heterocycles. The van der Waals surface area contributed by atoms with Crippen molar-refractivity contribution in [2.45, 2.75) is 6.42 Å². The van der Waals surface area contributed by atoms with Gasteiger partial charge in [-0.25, -0.2) is 0 Å². The van der Waals surface area contributed by atoms with Crippen molar-refractivity contribution in [2.75, 3.05) is 51.9 Å². The van der Waals surface area contributed by atoms with E-state index in [1.54, 1.807) is 0 Å². The number of nitrogens with zero attached hydrogens (tertiary/aromatic N) is 1. The van der Waals surface area contributed by atoms with Gasteiger partial charge in [0, 0.05) is 25.4 Å². The number of likely N-dealkylation sites (tertiary alicyclic amines) is 1. The van der Waals surface area contributed by atoms with Gasteiger partial charge in [0.2, 0.25) is 5.91 Å². The maximum Gasteiger partial charge on any atom is 0.302 e. The van der Waals surface area contributed by atoms with Crippen molar-refractivity contribution in [3.8, 4) is 0 Å². The van der Waals surface area contributed by atoms with Gasteiger partial charge in [-0.3, -0.25) is 4.79 Å². The number of aliphatic hydroxyl groups excluding tert-OH is 1. The number of hydrogen-bond acceptors (Lipinski definition) is 6. The van der Waals surface area contributed by atoms with Crippen LogP contribution in [0.25, 0.3) is 0 Å². The van der Waals surface area contributed by atoms with E-state index >= 15 is 0 Å². The third kappa shape index (κ3) is 7.13. The Morgan fingerprint density at radius 1 is 1.25 bits per heavy atom. The number of ether oxygens (including phenoxy) is 2. The van der Waals surface area contributed by atoms with Crippen LogP contribution in [0.15, 0.2) is 0 Å². The molecule has 0 aromatic rings. The van der Waals surface area contributed by atoms with Gasteiger partial charge >= 0.3 is 10.2 Å². The molecule has 0 aliphatic carbocycles. The van der Waals surface area contributed by atoms with Crippen molar-refractivity contribution in [2.24, 2.45) is 5.92 Å². The molecule has 7 nitrogen and oxygen atoms in total. The Labute approximate surface area is 117 Å². The van der Waals surface area contributed by atoms with Crippen molar-refractivity contribution in [3.63, 3.8) is 0 Å². The number of carbonyl (C=O) groups is 1. The molecule has 20 heavy (non-hydrogen) atoms. The number of carbonyl (C=O) groups excluding carboxylic acids is 1. The number of hydrogen-bond donors (Lipinski definition) is 1. The zero-order valence-corrected chi connectivity index (χ0v) is 12.0. The van der Waals surface area contributed by atoms with Crippen LogP contribution in [0, 0.1) is 5.92 Å². The average Bonchev–Trinajstić information content (AvgIpc) is 2.66. The normalized spacial score (nSPS) is 19.8. The predicted molar refractivity (Wildman–Crippen MR) is 68.3 cm³/mol. The summed E-state index contributed by atoms with van der Waals surface area (Å²) in [7, 11) is -4.54. The van der Waals surface area contributed by atoms with Crippen LogP contribution in [-0.4, -0.2) is 76.2 Å². The molecule has 0 bridgehead atoms. The molecule has 0 radical (unpaired) electrons. The molecular weight excluding hydrogens is 293 g/mol. The second-order valence-electron chi connectivity index (χ2n) is 4.56. The molecule has 1 N–H and O–H groups in total. The summed E-state index contributed by atoms with van der Waals surface area (Å²) in [6.07, 6.45) is 0.0583. The van der Waals surface area contributed by atoms with Crippen LogP contribution < -0.4 is 0 Å². The van der Waals surface area contributed by atoms with Crippen LogP contribution in [0.1, 0.15) is 6.42 Å². The van der Waals surface area contributed by atoms with Gasteiger partial charge in [0.15, 0.2) is 0 Å². The fourth-order valence-electron chi connectivity index (χ4n) is 2.02.